The van der Waals surface area contributed by atoms with Gasteiger partial charge in [-0.1, -0.05) is 38.1 Å². The molecule has 0 bridgehead atoms. The molecular formula is C21H27N5. The fourth-order valence-electron chi connectivity index (χ4n) is 3.96. The lowest BCUT2D eigenvalue weighted by Gasteiger charge is -2.33. The second-order valence-corrected chi connectivity index (χ2v) is 7.76. The normalized spacial score (nSPS) is 18.7. The predicted octanol–water partition coefficient (Wildman–Crippen LogP) is 3.94. The minimum Gasteiger partial charge on any atom is -0.298 e. The number of piperidine rings is 1. The maximum atomic E-state index is 4.48. The van der Waals surface area contributed by atoms with Crippen molar-refractivity contribution >= 4 is 5.78 Å². The molecule has 1 fully saturated rings. The summed E-state index contributed by atoms with van der Waals surface area (Å²) in [6.07, 6.45) is 4.01. The fraction of sp³-hybridized carbons (Fsp3) is 0.476. The third-order valence-corrected chi connectivity index (χ3v) is 5.38. The van der Waals surface area contributed by atoms with Crippen molar-refractivity contribution in [1.29, 1.82) is 0 Å². The molecule has 0 spiro atoms. The van der Waals surface area contributed by atoms with Crippen LogP contribution in [0.3, 0.4) is 0 Å². The Morgan fingerprint density at radius 1 is 1.19 bits per heavy atom. The molecule has 1 saturated heterocycles. The van der Waals surface area contributed by atoms with Crippen molar-refractivity contribution in [2.75, 3.05) is 13.1 Å². The summed E-state index contributed by atoms with van der Waals surface area (Å²) in [5.41, 5.74) is 5.06. The van der Waals surface area contributed by atoms with Crippen LogP contribution < -0.4 is 0 Å². The van der Waals surface area contributed by atoms with E-state index in [0.29, 0.717) is 17.6 Å². The van der Waals surface area contributed by atoms with E-state index < -0.39 is 0 Å². The molecule has 0 N–H and O–H groups in total. The van der Waals surface area contributed by atoms with Crippen molar-refractivity contribution in [3.05, 3.63) is 59.2 Å². The van der Waals surface area contributed by atoms with E-state index in [0.717, 1.165) is 25.3 Å². The molecule has 26 heavy (non-hydrogen) atoms. The van der Waals surface area contributed by atoms with Crippen LogP contribution in [0.4, 0.5) is 0 Å². The van der Waals surface area contributed by atoms with Gasteiger partial charge in [0.2, 0.25) is 0 Å². The SMILES string of the molecule is Cc1cc(C2CCCN(Cc3ccc(C(C)C)cc3)C2)n2ncnc2n1. The average molecular weight is 349 g/mol. The van der Waals surface area contributed by atoms with Gasteiger partial charge in [0.05, 0.1) is 5.69 Å². The van der Waals surface area contributed by atoms with Gasteiger partial charge < -0.3 is 0 Å². The van der Waals surface area contributed by atoms with E-state index in [1.165, 1.54) is 29.7 Å². The van der Waals surface area contributed by atoms with Crippen LogP contribution in [0.5, 0.6) is 0 Å². The molecule has 4 rings (SSSR count). The van der Waals surface area contributed by atoms with E-state index in [1.807, 2.05) is 11.4 Å². The van der Waals surface area contributed by atoms with E-state index in [2.05, 4.69) is 64.1 Å². The Morgan fingerprint density at radius 2 is 2.00 bits per heavy atom. The third-order valence-electron chi connectivity index (χ3n) is 5.38. The summed E-state index contributed by atoms with van der Waals surface area (Å²) in [6, 6.07) is 11.3. The van der Waals surface area contributed by atoms with Gasteiger partial charge in [-0.15, -0.1) is 0 Å². The monoisotopic (exact) mass is 349 g/mol. The van der Waals surface area contributed by atoms with Crippen LogP contribution in [-0.2, 0) is 6.54 Å². The Bertz CT molecular complexity index is 881. The van der Waals surface area contributed by atoms with Crippen LogP contribution in [0.15, 0.2) is 36.7 Å². The first kappa shape index (κ1) is 17.2. The van der Waals surface area contributed by atoms with Crippen molar-refractivity contribution in [1.82, 2.24) is 24.5 Å². The zero-order chi connectivity index (χ0) is 18.1. The first-order valence-corrected chi connectivity index (χ1v) is 9.58. The number of fused-ring (bicyclic) bond motifs is 1. The van der Waals surface area contributed by atoms with E-state index >= 15 is 0 Å². The molecule has 0 radical (unpaired) electrons. The highest BCUT2D eigenvalue weighted by molar-refractivity contribution is 5.32. The summed E-state index contributed by atoms with van der Waals surface area (Å²) in [7, 11) is 0. The Hall–Kier alpha value is -2.27. The minimum atomic E-state index is 0.476. The highest BCUT2D eigenvalue weighted by Gasteiger charge is 2.24. The minimum absolute atomic E-state index is 0.476. The first-order chi connectivity index (χ1) is 12.6. The lowest BCUT2D eigenvalue weighted by molar-refractivity contribution is 0.197. The van der Waals surface area contributed by atoms with Gasteiger partial charge in [0.15, 0.2) is 0 Å². The zero-order valence-corrected chi connectivity index (χ0v) is 15.9. The topological polar surface area (TPSA) is 46.3 Å². The number of rotatable bonds is 4. The molecule has 1 aliphatic rings. The standard InChI is InChI=1S/C21H27N5/c1-15(2)18-8-6-17(7-9-18)12-25-10-4-5-19(13-25)20-11-16(3)24-21-22-14-23-26(20)21/h6-9,11,14-15,19H,4-5,10,12-13H2,1-3H3. The van der Waals surface area contributed by atoms with Crippen molar-refractivity contribution < 1.29 is 0 Å². The summed E-state index contributed by atoms with van der Waals surface area (Å²) in [6.45, 7) is 9.75. The van der Waals surface area contributed by atoms with Crippen LogP contribution in [0, 0.1) is 6.92 Å². The summed E-state index contributed by atoms with van der Waals surface area (Å²) < 4.78 is 1.92. The number of aryl methyl sites for hydroxylation is 1. The second kappa shape index (κ2) is 7.16. The van der Waals surface area contributed by atoms with E-state index in [4.69, 9.17) is 0 Å². The second-order valence-electron chi connectivity index (χ2n) is 7.76. The molecule has 3 aromatic rings. The summed E-state index contributed by atoms with van der Waals surface area (Å²) in [4.78, 5) is 11.3. The summed E-state index contributed by atoms with van der Waals surface area (Å²) >= 11 is 0. The van der Waals surface area contributed by atoms with Gasteiger partial charge in [-0.3, -0.25) is 4.90 Å². The van der Waals surface area contributed by atoms with E-state index in [1.54, 1.807) is 6.33 Å². The molecule has 1 aliphatic heterocycles. The average Bonchev–Trinajstić information content (AvgIpc) is 3.10. The van der Waals surface area contributed by atoms with Gasteiger partial charge in [0, 0.05) is 24.7 Å². The summed E-state index contributed by atoms with van der Waals surface area (Å²) in [5, 5.41) is 4.39. The van der Waals surface area contributed by atoms with Gasteiger partial charge in [-0.05, 0) is 49.4 Å². The third kappa shape index (κ3) is 3.49. The summed E-state index contributed by atoms with van der Waals surface area (Å²) in [5.74, 6) is 1.77. The molecule has 1 aromatic carbocycles. The van der Waals surface area contributed by atoms with E-state index in [-0.39, 0.29) is 0 Å². The van der Waals surface area contributed by atoms with Gasteiger partial charge in [-0.2, -0.15) is 10.1 Å². The smallest absolute Gasteiger partial charge is 0.252 e. The van der Waals surface area contributed by atoms with Gasteiger partial charge in [-0.25, -0.2) is 9.50 Å². The van der Waals surface area contributed by atoms with Gasteiger partial charge in [0.25, 0.3) is 5.78 Å². The van der Waals surface area contributed by atoms with Gasteiger partial charge >= 0.3 is 0 Å². The number of likely N-dealkylation sites (tertiary alicyclic amines) is 1. The molecule has 0 aliphatic carbocycles. The van der Waals surface area contributed by atoms with Crippen molar-refractivity contribution in [3.8, 4) is 0 Å². The van der Waals surface area contributed by atoms with Crippen LogP contribution in [0.1, 0.15) is 61.0 Å². The number of hydrogen-bond donors (Lipinski definition) is 0. The quantitative estimate of drug-likeness (QED) is 0.716. The highest BCUT2D eigenvalue weighted by atomic mass is 15.3. The Morgan fingerprint density at radius 3 is 2.77 bits per heavy atom. The van der Waals surface area contributed by atoms with Crippen LogP contribution in [-0.4, -0.2) is 37.6 Å². The Labute approximate surface area is 155 Å². The fourth-order valence-corrected chi connectivity index (χ4v) is 3.96. The van der Waals surface area contributed by atoms with Crippen LogP contribution in [0.25, 0.3) is 5.78 Å². The predicted molar refractivity (Wildman–Crippen MR) is 103 cm³/mol. The first-order valence-electron chi connectivity index (χ1n) is 9.58. The highest BCUT2D eigenvalue weighted by Crippen LogP contribution is 2.28. The number of benzene rings is 1. The molecule has 136 valence electrons. The maximum absolute atomic E-state index is 4.48. The van der Waals surface area contributed by atoms with Crippen LogP contribution in [0.2, 0.25) is 0 Å². The van der Waals surface area contributed by atoms with Crippen LogP contribution >= 0.6 is 0 Å². The van der Waals surface area contributed by atoms with Gasteiger partial charge in [0.1, 0.15) is 6.33 Å². The lowest BCUT2D eigenvalue weighted by atomic mass is 9.93. The zero-order valence-electron chi connectivity index (χ0n) is 15.9. The number of nitrogens with zero attached hydrogens (tertiary/aromatic N) is 5. The molecule has 0 amide bonds. The molecule has 1 atom stereocenters. The van der Waals surface area contributed by atoms with E-state index in [9.17, 15) is 0 Å². The largest absolute Gasteiger partial charge is 0.298 e. The molecular weight excluding hydrogens is 322 g/mol. The molecule has 5 heteroatoms. The van der Waals surface area contributed by atoms with Crippen molar-refractivity contribution in [2.24, 2.45) is 0 Å². The van der Waals surface area contributed by atoms with Crippen molar-refractivity contribution in [2.45, 2.75) is 52.0 Å². The lowest BCUT2D eigenvalue weighted by Crippen LogP contribution is -2.34. The number of hydrogen-bond acceptors (Lipinski definition) is 4. The molecule has 5 nitrogen and oxygen atoms in total. The molecule has 0 saturated carbocycles. The number of aromatic nitrogens is 4. The molecule has 2 aromatic heterocycles. The molecule has 1 unspecified atom stereocenters. The Kier molecular flexibility index (Phi) is 4.72. The Balaban J connectivity index is 1.51. The maximum Gasteiger partial charge on any atom is 0.252 e. The van der Waals surface area contributed by atoms with Crippen molar-refractivity contribution in [3.63, 3.8) is 0 Å². The molecule has 3 heterocycles.